The molecule has 0 radical (unpaired) electrons. The van der Waals surface area contributed by atoms with Crippen LogP contribution in [-0.2, 0) is 4.79 Å². The van der Waals surface area contributed by atoms with E-state index < -0.39 is 6.61 Å². The fraction of sp³-hybridized carbons (Fsp3) is 0.562. The molecule has 23 heavy (non-hydrogen) atoms. The quantitative estimate of drug-likeness (QED) is 0.866. The number of carbonyl (C=O) groups excluding carboxylic acids is 1. The van der Waals surface area contributed by atoms with Crippen molar-refractivity contribution in [3.63, 3.8) is 0 Å². The van der Waals surface area contributed by atoms with Gasteiger partial charge in [-0.1, -0.05) is 12.1 Å². The summed E-state index contributed by atoms with van der Waals surface area (Å²) < 4.78 is 29.6. The van der Waals surface area contributed by atoms with Gasteiger partial charge in [0.1, 0.15) is 5.75 Å². The van der Waals surface area contributed by atoms with Crippen molar-refractivity contribution < 1.29 is 18.3 Å². The molecule has 5 nitrogen and oxygen atoms in total. The maximum atomic E-state index is 12.5. The van der Waals surface area contributed by atoms with Gasteiger partial charge >= 0.3 is 6.61 Å². The molecule has 7 heteroatoms. The Bertz CT molecular complexity index is 550. The summed E-state index contributed by atoms with van der Waals surface area (Å²) in [5.74, 6) is 0.207. The number of alkyl halides is 2. The number of ether oxygens (including phenoxy) is 1. The Hall–Kier alpha value is -1.89. The summed E-state index contributed by atoms with van der Waals surface area (Å²) in [5, 5.41) is 6.22. The van der Waals surface area contributed by atoms with Gasteiger partial charge in [0, 0.05) is 19.1 Å². The summed E-state index contributed by atoms with van der Waals surface area (Å²) >= 11 is 0. The number of para-hydroxylation sites is 2. The van der Waals surface area contributed by atoms with Crippen molar-refractivity contribution in [2.24, 2.45) is 0 Å². The number of amides is 1. The van der Waals surface area contributed by atoms with Crippen LogP contribution in [0.2, 0.25) is 0 Å². The average molecular weight is 325 g/mol. The Morgan fingerprint density at radius 1 is 1.35 bits per heavy atom. The third-order valence-electron chi connectivity index (χ3n) is 4.33. The Balaban J connectivity index is 1.60. The zero-order valence-electron chi connectivity index (χ0n) is 12.8. The first-order valence-corrected chi connectivity index (χ1v) is 7.96. The van der Waals surface area contributed by atoms with E-state index in [1.165, 1.54) is 6.07 Å². The maximum absolute atomic E-state index is 12.5. The first-order chi connectivity index (χ1) is 11.1. The molecule has 3 rings (SSSR count). The fourth-order valence-corrected chi connectivity index (χ4v) is 3.22. The van der Waals surface area contributed by atoms with E-state index in [9.17, 15) is 13.6 Å². The van der Waals surface area contributed by atoms with Crippen LogP contribution in [0.25, 0.3) is 0 Å². The summed E-state index contributed by atoms with van der Waals surface area (Å²) in [6, 6.07) is 6.70. The molecule has 2 N–H and O–H groups in total. The van der Waals surface area contributed by atoms with Crippen molar-refractivity contribution in [1.29, 1.82) is 0 Å². The second-order valence-corrected chi connectivity index (χ2v) is 5.94. The lowest BCUT2D eigenvalue weighted by Gasteiger charge is -2.22. The maximum Gasteiger partial charge on any atom is 0.387 e. The van der Waals surface area contributed by atoms with E-state index in [4.69, 9.17) is 0 Å². The van der Waals surface area contributed by atoms with Crippen molar-refractivity contribution >= 4 is 11.6 Å². The largest absolute Gasteiger partial charge is 0.433 e. The van der Waals surface area contributed by atoms with Crippen LogP contribution in [0.5, 0.6) is 5.75 Å². The van der Waals surface area contributed by atoms with E-state index in [1.807, 2.05) is 4.90 Å². The van der Waals surface area contributed by atoms with Crippen LogP contribution in [0.3, 0.4) is 0 Å². The van der Waals surface area contributed by atoms with Gasteiger partial charge in [-0.05, 0) is 37.9 Å². The van der Waals surface area contributed by atoms with Crippen LogP contribution >= 0.6 is 0 Å². The standard InChI is InChI=1S/C16H21F2N3O2/c17-16(18)23-14-6-2-1-5-13(14)21-9-7-11(10-21)20-15(22)12-4-3-8-19-12/h1-2,5-6,11-12,16,19H,3-4,7-10H2,(H,20,22). The van der Waals surface area contributed by atoms with Gasteiger partial charge in [-0.2, -0.15) is 8.78 Å². The molecule has 2 atom stereocenters. The molecule has 0 saturated carbocycles. The number of nitrogens with one attached hydrogen (secondary N) is 2. The fourth-order valence-electron chi connectivity index (χ4n) is 3.22. The van der Waals surface area contributed by atoms with Gasteiger partial charge in [0.25, 0.3) is 0 Å². The summed E-state index contributed by atoms with van der Waals surface area (Å²) in [7, 11) is 0. The molecule has 2 saturated heterocycles. The summed E-state index contributed by atoms with van der Waals surface area (Å²) in [6.45, 7) is -0.662. The van der Waals surface area contributed by atoms with Gasteiger partial charge in [-0.25, -0.2) is 0 Å². The number of benzene rings is 1. The zero-order chi connectivity index (χ0) is 16.2. The first kappa shape index (κ1) is 16.0. The third-order valence-corrected chi connectivity index (χ3v) is 4.33. The van der Waals surface area contributed by atoms with E-state index in [0.29, 0.717) is 18.8 Å². The van der Waals surface area contributed by atoms with Gasteiger partial charge in [0.15, 0.2) is 0 Å². The molecule has 1 aromatic carbocycles. The van der Waals surface area contributed by atoms with Crippen LogP contribution in [0, 0.1) is 0 Å². The monoisotopic (exact) mass is 325 g/mol. The predicted octanol–water partition coefficient (Wildman–Crippen LogP) is 1.73. The Morgan fingerprint density at radius 2 is 2.17 bits per heavy atom. The molecule has 2 heterocycles. The molecular weight excluding hydrogens is 304 g/mol. The molecule has 0 aliphatic carbocycles. The number of hydrogen-bond acceptors (Lipinski definition) is 4. The molecule has 1 amide bonds. The van der Waals surface area contributed by atoms with Crippen LogP contribution < -0.4 is 20.3 Å². The lowest BCUT2D eigenvalue weighted by molar-refractivity contribution is -0.123. The lowest BCUT2D eigenvalue weighted by atomic mass is 10.2. The topological polar surface area (TPSA) is 53.6 Å². The van der Waals surface area contributed by atoms with E-state index >= 15 is 0 Å². The van der Waals surface area contributed by atoms with Crippen LogP contribution in [-0.4, -0.2) is 44.2 Å². The molecule has 2 aliphatic heterocycles. The lowest BCUT2D eigenvalue weighted by Crippen LogP contribution is -2.46. The van der Waals surface area contributed by atoms with Crippen molar-refractivity contribution in [2.75, 3.05) is 24.5 Å². The minimum Gasteiger partial charge on any atom is -0.433 e. The number of anilines is 1. The molecule has 0 spiro atoms. The number of nitrogens with zero attached hydrogens (tertiary/aromatic N) is 1. The highest BCUT2D eigenvalue weighted by Gasteiger charge is 2.29. The third kappa shape index (κ3) is 3.90. The number of rotatable bonds is 5. The van der Waals surface area contributed by atoms with Crippen LogP contribution in [0.15, 0.2) is 24.3 Å². The van der Waals surface area contributed by atoms with E-state index in [1.54, 1.807) is 18.2 Å². The highest BCUT2D eigenvalue weighted by atomic mass is 19.3. The van der Waals surface area contributed by atoms with E-state index in [-0.39, 0.29) is 23.7 Å². The van der Waals surface area contributed by atoms with Crippen molar-refractivity contribution in [1.82, 2.24) is 10.6 Å². The number of halogens is 2. The van der Waals surface area contributed by atoms with E-state index in [2.05, 4.69) is 15.4 Å². The normalized spacial score (nSPS) is 24.2. The SMILES string of the molecule is O=C(NC1CCN(c2ccccc2OC(F)F)C1)C1CCCN1. The van der Waals surface area contributed by atoms with Crippen molar-refractivity contribution in [3.8, 4) is 5.75 Å². The highest BCUT2D eigenvalue weighted by molar-refractivity contribution is 5.82. The van der Waals surface area contributed by atoms with Crippen molar-refractivity contribution in [3.05, 3.63) is 24.3 Å². The minimum absolute atomic E-state index is 0.0320. The Morgan fingerprint density at radius 3 is 2.91 bits per heavy atom. The van der Waals surface area contributed by atoms with E-state index in [0.717, 1.165) is 25.8 Å². The van der Waals surface area contributed by atoms with Crippen LogP contribution in [0.4, 0.5) is 14.5 Å². The van der Waals surface area contributed by atoms with Crippen LogP contribution in [0.1, 0.15) is 19.3 Å². The smallest absolute Gasteiger partial charge is 0.387 e. The van der Waals surface area contributed by atoms with Gasteiger partial charge in [0.2, 0.25) is 5.91 Å². The summed E-state index contributed by atoms with van der Waals surface area (Å²) in [4.78, 5) is 14.1. The average Bonchev–Trinajstić information content (AvgIpc) is 3.18. The zero-order valence-corrected chi connectivity index (χ0v) is 12.8. The first-order valence-electron chi connectivity index (χ1n) is 7.96. The highest BCUT2D eigenvalue weighted by Crippen LogP contribution is 2.31. The molecule has 2 unspecified atom stereocenters. The molecule has 0 bridgehead atoms. The number of carbonyl (C=O) groups is 1. The van der Waals surface area contributed by atoms with Gasteiger partial charge in [0.05, 0.1) is 11.7 Å². The second-order valence-electron chi connectivity index (χ2n) is 5.94. The summed E-state index contributed by atoms with van der Waals surface area (Å²) in [5.41, 5.74) is 0.642. The second kappa shape index (κ2) is 7.12. The van der Waals surface area contributed by atoms with Gasteiger partial charge < -0.3 is 20.3 Å². The molecule has 1 aromatic rings. The molecule has 2 aliphatic rings. The Labute approximate surface area is 134 Å². The van der Waals surface area contributed by atoms with Crippen molar-refractivity contribution in [2.45, 2.75) is 38.0 Å². The van der Waals surface area contributed by atoms with Gasteiger partial charge in [-0.15, -0.1) is 0 Å². The Kier molecular flexibility index (Phi) is 4.95. The molecule has 0 aromatic heterocycles. The predicted molar refractivity (Wildman–Crippen MR) is 82.9 cm³/mol. The molecular formula is C16H21F2N3O2. The molecule has 2 fully saturated rings. The summed E-state index contributed by atoms with van der Waals surface area (Å²) in [6.07, 6.45) is 2.68. The minimum atomic E-state index is -2.84. The number of hydrogen-bond donors (Lipinski definition) is 2. The van der Waals surface area contributed by atoms with Gasteiger partial charge in [-0.3, -0.25) is 4.79 Å². The molecule has 126 valence electrons.